The van der Waals surface area contributed by atoms with Gasteiger partial charge >= 0.3 is 0 Å². The third-order valence-electron chi connectivity index (χ3n) is 3.62. The number of pyridine rings is 1. The lowest BCUT2D eigenvalue weighted by atomic mass is 10.1. The molecule has 110 valence electrons. The molecule has 0 saturated carbocycles. The Labute approximate surface area is 129 Å². The lowest BCUT2D eigenvalue weighted by Gasteiger charge is -2.26. The van der Waals surface area contributed by atoms with Gasteiger partial charge in [-0.3, -0.25) is 9.78 Å². The SMILES string of the molecule is CCCCN(CC1CCCN1)C(=O)c1cncc(Br)c1. The van der Waals surface area contributed by atoms with E-state index in [1.807, 2.05) is 11.0 Å². The Morgan fingerprint density at radius 1 is 1.55 bits per heavy atom. The second-order valence-electron chi connectivity index (χ2n) is 5.29. The molecule has 0 spiro atoms. The Balaban J connectivity index is 2.05. The predicted molar refractivity (Wildman–Crippen MR) is 83.8 cm³/mol. The Hall–Kier alpha value is -0.940. The van der Waals surface area contributed by atoms with E-state index in [4.69, 9.17) is 0 Å². The van der Waals surface area contributed by atoms with Gasteiger partial charge in [0.1, 0.15) is 0 Å². The molecule has 1 fully saturated rings. The van der Waals surface area contributed by atoms with E-state index in [9.17, 15) is 4.79 Å². The number of halogens is 1. The zero-order chi connectivity index (χ0) is 14.4. The molecule has 0 aliphatic carbocycles. The first-order chi connectivity index (χ1) is 9.70. The maximum Gasteiger partial charge on any atom is 0.255 e. The van der Waals surface area contributed by atoms with Crippen LogP contribution in [0.4, 0.5) is 0 Å². The van der Waals surface area contributed by atoms with Crippen LogP contribution in [0.3, 0.4) is 0 Å². The van der Waals surface area contributed by atoms with Crippen molar-refractivity contribution in [2.75, 3.05) is 19.6 Å². The molecule has 0 bridgehead atoms. The third-order valence-corrected chi connectivity index (χ3v) is 4.06. The van der Waals surface area contributed by atoms with Gasteiger partial charge in [0.25, 0.3) is 5.91 Å². The van der Waals surface area contributed by atoms with Gasteiger partial charge in [0, 0.05) is 36.0 Å². The van der Waals surface area contributed by atoms with Gasteiger partial charge in [0.05, 0.1) is 5.56 Å². The second-order valence-corrected chi connectivity index (χ2v) is 6.21. The first kappa shape index (κ1) is 15.4. The normalized spacial score (nSPS) is 18.2. The molecule has 4 nitrogen and oxygen atoms in total. The summed E-state index contributed by atoms with van der Waals surface area (Å²) >= 11 is 3.37. The summed E-state index contributed by atoms with van der Waals surface area (Å²) in [6.45, 7) is 4.83. The number of carbonyl (C=O) groups is 1. The molecule has 0 radical (unpaired) electrons. The number of nitrogens with one attached hydrogen (secondary N) is 1. The minimum absolute atomic E-state index is 0.0842. The Morgan fingerprint density at radius 2 is 2.40 bits per heavy atom. The van der Waals surface area contributed by atoms with Gasteiger partial charge in [0.2, 0.25) is 0 Å². The number of aromatic nitrogens is 1. The number of amides is 1. The maximum atomic E-state index is 12.6. The van der Waals surface area contributed by atoms with Crippen molar-refractivity contribution < 1.29 is 4.79 Å². The summed E-state index contributed by atoms with van der Waals surface area (Å²) in [4.78, 5) is 18.7. The fraction of sp³-hybridized carbons (Fsp3) is 0.600. The van der Waals surface area contributed by atoms with Crippen LogP contribution in [-0.4, -0.2) is 41.5 Å². The quantitative estimate of drug-likeness (QED) is 0.866. The predicted octanol–water partition coefficient (Wildman–Crippen LogP) is 2.84. The van der Waals surface area contributed by atoms with Crippen molar-refractivity contribution in [3.05, 3.63) is 28.5 Å². The number of rotatable bonds is 6. The summed E-state index contributed by atoms with van der Waals surface area (Å²) < 4.78 is 0.845. The molecule has 2 rings (SSSR count). The Kier molecular flexibility index (Phi) is 5.98. The van der Waals surface area contributed by atoms with E-state index in [1.54, 1.807) is 12.4 Å². The van der Waals surface area contributed by atoms with E-state index in [0.29, 0.717) is 11.6 Å². The minimum Gasteiger partial charge on any atom is -0.337 e. The fourth-order valence-corrected chi connectivity index (χ4v) is 2.88. The largest absolute Gasteiger partial charge is 0.337 e. The topological polar surface area (TPSA) is 45.2 Å². The molecule has 1 aliphatic heterocycles. The zero-order valence-corrected chi connectivity index (χ0v) is 13.5. The average Bonchev–Trinajstić information content (AvgIpc) is 2.95. The summed E-state index contributed by atoms with van der Waals surface area (Å²) in [7, 11) is 0. The maximum absolute atomic E-state index is 12.6. The van der Waals surface area contributed by atoms with Gasteiger partial charge in [0.15, 0.2) is 0 Å². The number of hydrogen-bond acceptors (Lipinski definition) is 3. The summed E-state index contributed by atoms with van der Waals surface area (Å²) in [6, 6.07) is 2.28. The van der Waals surface area contributed by atoms with Crippen LogP contribution >= 0.6 is 15.9 Å². The van der Waals surface area contributed by atoms with Crippen LogP contribution in [0.15, 0.2) is 22.9 Å². The highest BCUT2D eigenvalue weighted by Gasteiger charge is 2.22. The van der Waals surface area contributed by atoms with Crippen LogP contribution in [0, 0.1) is 0 Å². The molecule has 20 heavy (non-hydrogen) atoms. The average molecular weight is 340 g/mol. The molecule has 5 heteroatoms. The van der Waals surface area contributed by atoms with E-state index >= 15 is 0 Å². The molecular weight excluding hydrogens is 318 g/mol. The van der Waals surface area contributed by atoms with Crippen molar-refractivity contribution in [2.45, 2.75) is 38.6 Å². The molecular formula is C15H22BrN3O. The van der Waals surface area contributed by atoms with Crippen molar-refractivity contribution in [1.82, 2.24) is 15.2 Å². The van der Waals surface area contributed by atoms with Crippen molar-refractivity contribution in [1.29, 1.82) is 0 Å². The molecule has 0 aromatic carbocycles. The monoisotopic (exact) mass is 339 g/mol. The molecule has 1 aromatic heterocycles. The number of unbranched alkanes of at least 4 members (excludes halogenated alkanes) is 1. The van der Waals surface area contributed by atoms with Crippen molar-refractivity contribution in [3.63, 3.8) is 0 Å². The Morgan fingerprint density at radius 3 is 3.05 bits per heavy atom. The van der Waals surface area contributed by atoms with E-state index < -0.39 is 0 Å². The van der Waals surface area contributed by atoms with Crippen LogP contribution in [0.25, 0.3) is 0 Å². The molecule has 1 unspecified atom stereocenters. The van der Waals surface area contributed by atoms with E-state index in [2.05, 4.69) is 33.2 Å². The van der Waals surface area contributed by atoms with Crippen molar-refractivity contribution in [2.24, 2.45) is 0 Å². The van der Waals surface area contributed by atoms with Gasteiger partial charge in [-0.25, -0.2) is 0 Å². The molecule has 1 amide bonds. The van der Waals surface area contributed by atoms with Gasteiger partial charge in [-0.15, -0.1) is 0 Å². The molecule has 2 heterocycles. The highest BCUT2D eigenvalue weighted by molar-refractivity contribution is 9.10. The molecule has 1 aromatic rings. The lowest BCUT2D eigenvalue weighted by Crippen LogP contribution is -2.41. The van der Waals surface area contributed by atoms with Crippen LogP contribution < -0.4 is 5.32 Å². The smallest absolute Gasteiger partial charge is 0.255 e. The number of carbonyl (C=O) groups excluding carboxylic acids is 1. The zero-order valence-electron chi connectivity index (χ0n) is 11.9. The molecule has 1 N–H and O–H groups in total. The summed E-state index contributed by atoms with van der Waals surface area (Å²) in [5, 5.41) is 3.46. The lowest BCUT2D eigenvalue weighted by molar-refractivity contribution is 0.0739. The highest BCUT2D eigenvalue weighted by atomic mass is 79.9. The Bertz CT molecular complexity index is 446. The van der Waals surface area contributed by atoms with Gasteiger partial charge in [-0.05, 0) is 47.8 Å². The van der Waals surface area contributed by atoms with Crippen LogP contribution in [0.2, 0.25) is 0 Å². The molecule has 1 atom stereocenters. The number of hydrogen-bond donors (Lipinski definition) is 1. The van der Waals surface area contributed by atoms with Crippen LogP contribution in [0.5, 0.6) is 0 Å². The van der Waals surface area contributed by atoms with E-state index in [-0.39, 0.29) is 5.91 Å². The summed E-state index contributed by atoms with van der Waals surface area (Å²) in [5.74, 6) is 0.0842. The van der Waals surface area contributed by atoms with Gasteiger partial charge in [-0.1, -0.05) is 13.3 Å². The first-order valence-corrected chi connectivity index (χ1v) is 8.13. The van der Waals surface area contributed by atoms with Gasteiger partial charge in [-0.2, -0.15) is 0 Å². The molecule has 1 saturated heterocycles. The van der Waals surface area contributed by atoms with Crippen molar-refractivity contribution >= 4 is 21.8 Å². The van der Waals surface area contributed by atoms with Crippen LogP contribution in [0.1, 0.15) is 43.0 Å². The number of nitrogens with zero attached hydrogens (tertiary/aromatic N) is 2. The third kappa shape index (κ3) is 4.28. The van der Waals surface area contributed by atoms with Crippen LogP contribution in [-0.2, 0) is 0 Å². The van der Waals surface area contributed by atoms with E-state index in [1.165, 1.54) is 6.42 Å². The molecule has 1 aliphatic rings. The highest BCUT2D eigenvalue weighted by Crippen LogP contribution is 2.14. The van der Waals surface area contributed by atoms with Crippen molar-refractivity contribution in [3.8, 4) is 0 Å². The minimum atomic E-state index is 0.0842. The first-order valence-electron chi connectivity index (χ1n) is 7.34. The van der Waals surface area contributed by atoms with E-state index in [0.717, 1.165) is 43.4 Å². The fourth-order valence-electron chi connectivity index (χ4n) is 2.51. The second kappa shape index (κ2) is 7.74. The summed E-state index contributed by atoms with van der Waals surface area (Å²) in [5.41, 5.74) is 0.661. The summed E-state index contributed by atoms with van der Waals surface area (Å²) in [6.07, 6.45) is 7.85. The standard InChI is InChI=1S/C15H22BrN3O/c1-2-3-7-19(11-14-5-4-6-18-14)15(20)12-8-13(16)10-17-9-12/h8-10,14,18H,2-7,11H2,1H3. The van der Waals surface area contributed by atoms with Gasteiger partial charge < -0.3 is 10.2 Å².